The molecule has 0 amide bonds. The van der Waals surface area contributed by atoms with Gasteiger partial charge in [-0.3, -0.25) is 4.31 Å². The molecule has 52 valence electrons. The third kappa shape index (κ3) is 1.24. The Morgan fingerprint density at radius 1 is 1.33 bits per heavy atom. The molecule has 0 aromatic carbocycles. The molecule has 0 N–H and O–H groups in total. The minimum Gasteiger partial charge on any atom is -0.250 e. The van der Waals surface area contributed by atoms with Gasteiger partial charge in [-0.2, -0.15) is 0 Å². The maximum absolute atomic E-state index is 2.54. The molecule has 2 unspecified atom stereocenters. The van der Waals surface area contributed by atoms with Crippen LogP contribution in [0.3, 0.4) is 0 Å². The Kier molecular flexibility index (Phi) is 1.68. The molecular formula is C7H13NS. The van der Waals surface area contributed by atoms with E-state index in [1.807, 2.05) is 0 Å². The first-order valence-corrected chi connectivity index (χ1v) is 4.77. The van der Waals surface area contributed by atoms with Gasteiger partial charge in [0, 0.05) is 18.8 Å². The van der Waals surface area contributed by atoms with Crippen LogP contribution in [0.15, 0.2) is 0 Å². The van der Waals surface area contributed by atoms with Crippen LogP contribution in [0.25, 0.3) is 0 Å². The van der Waals surface area contributed by atoms with Crippen LogP contribution in [0, 0.1) is 5.92 Å². The summed E-state index contributed by atoms with van der Waals surface area (Å²) in [5, 5.41) is 0. The van der Waals surface area contributed by atoms with Crippen molar-refractivity contribution in [2.24, 2.45) is 5.92 Å². The normalized spacial score (nSPS) is 42.7. The van der Waals surface area contributed by atoms with Crippen LogP contribution < -0.4 is 0 Å². The SMILES string of the molecule is C1CSN2CCC(C1)C2. The van der Waals surface area contributed by atoms with Gasteiger partial charge in [0.1, 0.15) is 0 Å². The van der Waals surface area contributed by atoms with E-state index >= 15 is 0 Å². The second-order valence-corrected chi connectivity index (χ2v) is 4.20. The van der Waals surface area contributed by atoms with Gasteiger partial charge in [-0.05, 0) is 25.2 Å². The third-order valence-corrected chi connectivity index (χ3v) is 3.45. The van der Waals surface area contributed by atoms with Crippen molar-refractivity contribution in [2.75, 3.05) is 18.8 Å². The minimum absolute atomic E-state index is 1.06. The van der Waals surface area contributed by atoms with E-state index in [4.69, 9.17) is 0 Å². The molecule has 1 nitrogen and oxygen atoms in total. The minimum atomic E-state index is 1.06. The van der Waals surface area contributed by atoms with Gasteiger partial charge in [0.15, 0.2) is 0 Å². The molecule has 2 atom stereocenters. The van der Waals surface area contributed by atoms with Crippen molar-refractivity contribution in [2.45, 2.75) is 19.3 Å². The molecule has 0 radical (unpaired) electrons. The Hall–Kier alpha value is 0.310. The fourth-order valence-corrected chi connectivity index (χ4v) is 2.82. The summed E-state index contributed by atoms with van der Waals surface area (Å²) in [6.45, 7) is 2.74. The van der Waals surface area contributed by atoms with Gasteiger partial charge >= 0.3 is 0 Å². The largest absolute Gasteiger partial charge is 0.250 e. The maximum atomic E-state index is 2.54. The average Bonchev–Trinajstić information content (AvgIpc) is 2.09. The lowest BCUT2D eigenvalue weighted by Crippen LogP contribution is -2.09. The Labute approximate surface area is 60.9 Å². The van der Waals surface area contributed by atoms with Crippen LogP contribution in [-0.2, 0) is 0 Å². The molecule has 2 bridgehead atoms. The first-order chi connectivity index (χ1) is 4.45. The lowest BCUT2D eigenvalue weighted by Gasteiger charge is -2.09. The van der Waals surface area contributed by atoms with Crippen LogP contribution in [0.2, 0.25) is 0 Å². The highest BCUT2D eigenvalue weighted by Crippen LogP contribution is 2.30. The number of nitrogens with zero attached hydrogens (tertiary/aromatic N) is 1. The third-order valence-electron chi connectivity index (χ3n) is 2.28. The monoisotopic (exact) mass is 143 g/mol. The number of rotatable bonds is 0. The molecule has 0 aromatic heterocycles. The zero-order valence-corrected chi connectivity index (χ0v) is 6.49. The summed E-state index contributed by atoms with van der Waals surface area (Å²) in [4.78, 5) is 0. The van der Waals surface area contributed by atoms with E-state index in [0.29, 0.717) is 0 Å². The number of fused-ring (bicyclic) bond motifs is 2. The van der Waals surface area contributed by atoms with E-state index < -0.39 is 0 Å². The molecule has 2 heterocycles. The predicted octanol–water partition coefficient (Wildman–Crippen LogP) is 1.75. The van der Waals surface area contributed by atoms with Gasteiger partial charge in [-0.25, -0.2) is 0 Å². The zero-order chi connectivity index (χ0) is 6.10. The van der Waals surface area contributed by atoms with Crippen molar-refractivity contribution in [3.05, 3.63) is 0 Å². The van der Waals surface area contributed by atoms with Crippen molar-refractivity contribution < 1.29 is 0 Å². The molecule has 2 saturated heterocycles. The summed E-state index contributed by atoms with van der Waals surface area (Å²) in [7, 11) is 0. The smallest absolute Gasteiger partial charge is 0.0118 e. The van der Waals surface area contributed by atoms with Gasteiger partial charge in [0.2, 0.25) is 0 Å². The Balaban J connectivity index is 1.99. The molecule has 2 fully saturated rings. The summed E-state index contributed by atoms with van der Waals surface area (Å²) in [5.74, 6) is 2.43. The van der Waals surface area contributed by atoms with Crippen LogP contribution in [0.5, 0.6) is 0 Å². The molecule has 2 aliphatic heterocycles. The first kappa shape index (κ1) is 6.05. The van der Waals surface area contributed by atoms with E-state index in [-0.39, 0.29) is 0 Å². The summed E-state index contributed by atoms with van der Waals surface area (Å²) in [6.07, 6.45) is 4.41. The van der Waals surface area contributed by atoms with Crippen molar-refractivity contribution in [3.8, 4) is 0 Å². The van der Waals surface area contributed by atoms with E-state index in [2.05, 4.69) is 16.3 Å². The predicted molar refractivity (Wildman–Crippen MR) is 41.4 cm³/mol. The second-order valence-electron chi connectivity index (χ2n) is 3.02. The Bertz CT molecular complexity index is 93.1. The molecule has 0 aromatic rings. The Morgan fingerprint density at radius 2 is 2.33 bits per heavy atom. The van der Waals surface area contributed by atoms with E-state index in [0.717, 1.165) is 5.92 Å². The maximum Gasteiger partial charge on any atom is 0.0118 e. The summed E-state index contributed by atoms with van der Waals surface area (Å²) < 4.78 is 2.54. The quantitative estimate of drug-likeness (QED) is 0.475. The van der Waals surface area contributed by atoms with Crippen LogP contribution in [-0.4, -0.2) is 23.1 Å². The summed E-state index contributed by atoms with van der Waals surface area (Å²) in [5.41, 5.74) is 0. The van der Waals surface area contributed by atoms with Crippen LogP contribution in [0.1, 0.15) is 19.3 Å². The van der Waals surface area contributed by atoms with Crippen molar-refractivity contribution in [1.29, 1.82) is 0 Å². The molecule has 2 rings (SSSR count). The lowest BCUT2D eigenvalue weighted by molar-refractivity contribution is 0.505. The Morgan fingerprint density at radius 3 is 3.33 bits per heavy atom. The molecule has 2 heteroatoms. The molecule has 9 heavy (non-hydrogen) atoms. The standard InChI is InChI=1S/C7H13NS/c1-2-7-3-4-8(6-7)9-5-1/h7H,1-6H2. The van der Waals surface area contributed by atoms with Crippen LogP contribution >= 0.6 is 11.9 Å². The first-order valence-electron chi connectivity index (χ1n) is 3.83. The van der Waals surface area contributed by atoms with Crippen molar-refractivity contribution in [1.82, 2.24) is 4.31 Å². The van der Waals surface area contributed by atoms with Crippen molar-refractivity contribution in [3.63, 3.8) is 0 Å². The van der Waals surface area contributed by atoms with Gasteiger partial charge in [0.05, 0.1) is 0 Å². The zero-order valence-electron chi connectivity index (χ0n) is 5.68. The second kappa shape index (κ2) is 2.51. The van der Waals surface area contributed by atoms with E-state index in [1.165, 1.54) is 38.1 Å². The molecule has 0 saturated carbocycles. The fraction of sp³-hybridized carbons (Fsp3) is 1.00. The van der Waals surface area contributed by atoms with Crippen LogP contribution in [0.4, 0.5) is 0 Å². The highest BCUT2D eigenvalue weighted by atomic mass is 32.2. The molecule has 0 aliphatic carbocycles. The molecular weight excluding hydrogens is 130 g/mol. The summed E-state index contributed by atoms with van der Waals surface area (Å²) >= 11 is 2.06. The van der Waals surface area contributed by atoms with Gasteiger partial charge in [0.25, 0.3) is 0 Å². The highest BCUT2D eigenvalue weighted by molar-refractivity contribution is 7.97. The van der Waals surface area contributed by atoms with E-state index in [1.54, 1.807) is 0 Å². The molecule has 0 spiro atoms. The summed E-state index contributed by atoms with van der Waals surface area (Å²) in [6, 6.07) is 0. The topological polar surface area (TPSA) is 3.24 Å². The number of hydrogen-bond acceptors (Lipinski definition) is 2. The molecule has 2 aliphatic rings. The van der Waals surface area contributed by atoms with Gasteiger partial charge < -0.3 is 0 Å². The fourth-order valence-electron chi connectivity index (χ4n) is 1.72. The lowest BCUT2D eigenvalue weighted by atomic mass is 10.0. The highest BCUT2D eigenvalue weighted by Gasteiger charge is 2.24. The average molecular weight is 143 g/mol. The van der Waals surface area contributed by atoms with Crippen molar-refractivity contribution >= 4 is 11.9 Å². The van der Waals surface area contributed by atoms with E-state index in [9.17, 15) is 0 Å². The van der Waals surface area contributed by atoms with Gasteiger partial charge in [-0.15, -0.1) is 0 Å². The van der Waals surface area contributed by atoms with Gasteiger partial charge in [-0.1, -0.05) is 11.9 Å². The number of hydrogen-bond donors (Lipinski definition) is 0.